The van der Waals surface area contributed by atoms with Crippen LogP contribution in [0, 0.1) is 6.92 Å². The van der Waals surface area contributed by atoms with E-state index in [2.05, 4.69) is 9.88 Å². The molecule has 30 heavy (non-hydrogen) atoms. The molecule has 2 aliphatic rings. The quantitative estimate of drug-likeness (QED) is 0.740. The third-order valence-corrected chi connectivity index (χ3v) is 6.75. The lowest BCUT2D eigenvalue weighted by molar-refractivity contribution is -0.124. The summed E-state index contributed by atoms with van der Waals surface area (Å²) in [6.07, 6.45) is 0. The molecule has 2 aromatic rings. The van der Waals surface area contributed by atoms with Crippen molar-refractivity contribution >= 4 is 34.0 Å². The first-order chi connectivity index (χ1) is 14.5. The molecule has 2 saturated heterocycles. The van der Waals surface area contributed by atoms with Gasteiger partial charge in [0.05, 0.1) is 26.0 Å². The molecule has 1 aromatic carbocycles. The van der Waals surface area contributed by atoms with E-state index in [9.17, 15) is 9.59 Å². The normalized spacial score (nSPS) is 19.9. The summed E-state index contributed by atoms with van der Waals surface area (Å²) in [5.41, 5.74) is 1.49. The van der Waals surface area contributed by atoms with Crippen LogP contribution in [-0.4, -0.2) is 74.2 Å². The zero-order valence-electron chi connectivity index (χ0n) is 17.5. The number of aryl methyl sites for hydroxylation is 1. The number of methoxy groups -OCH3 is 1. The van der Waals surface area contributed by atoms with E-state index < -0.39 is 6.04 Å². The molecule has 160 valence electrons. The van der Waals surface area contributed by atoms with Crippen molar-refractivity contribution in [1.82, 2.24) is 9.88 Å². The fraction of sp³-hybridized carbons (Fsp3) is 0.476. The number of anilines is 2. The number of carbonyl (C=O) groups excluding carboxylic acids is 2. The summed E-state index contributed by atoms with van der Waals surface area (Å²) in [5, 5.41) is 0.841. The number of nitrogens with zero attached hydrogens (tertiary/aromatic N) is 4. The molecule has 0 spiro atoms. The van der Waals surface area contributed by atoms with Crippen LogP contribution in [0.25, 0.3) is 0 Å². The van der Waals surface area contributed by atoms with Gasteiger partial charge in [0.25, 0.3) is 5.91 Å². The van der Waals surface area contributed by atoms with E-state index in [1.165, 1.54) is 11.3 Å². The fourth-order valence-corrected chi connectivity index (χ4v) is 4.86. The second-order valence-corrected chi connectivity index (χ2v) is 8.35. The van der Waals surface area contributed by atoms with E-state index in [0.29, 0.717) is 42.6 Å². The van der Waals surface area contributed by atoms with Gasteiger partial charge in [-0.25, -0.2) is 4.98 Å². The van der Waals surface area contributed by atoms with Crippen molar-refractivity contribution in [2.24, 2.45) is 0 Å². The van der Waals surface area contributed by atoms with E-state index in [1.54, 1.807) is 23.8 Å². The Hall–Kier alpha value is -2.65. The molecule has 0 saturated carbocycles. The Balaban J connectivity index is 1.51. The number of benzene rings is 1. The largest absolute Gasteiger partial charge is 0.497 e. The molecular formula is C21H26N4O4S. The molecule has 0 N–H and O–H groups in total. The summed E-state index contributed by atoms with van der Waals surface area (Å²) in [6, 6.07) is 6.87. The lowest BCUT2D eigenvalue weighted by Gasteiger charge is -2.39. The average Bonchev–Trinajstić information content (AvgIpc) is 3.17. The maximum atomic E-state index is 13.3. The summed E-state index contributed by atoms with van der Waals surface area (Å²) in [7, 11) is 1.60. The maximum absolute atomic E-state index is 13.3. The van der Waals surface area contributed by atoms with Crippen molar-refractivity contribution in [3.05, 3.63) is 34.8 Å². The number of piperazine rings is 1. The molecule has 0 radical (unpaired) electrons. The summed E-state index contributed by atoms with van der Waals surface area (Å²) in [6.45, 7) is 7.42. The summed E-state index contributed by atoms with van der Waals surface area (Å²) >= 11 is 1.40. The minimum atomic E-state index is -0.550. The molecule has 0 bridgehead atoms. The molecule has 3 heterocycles. The number of ether oxygens (including phenoxy) is 2. The molecule has 1 aromatic heterocycles. The van der Waals surface area contributed by atoms with Crippen molar-refractivity contribution < 1.29 is 19.1 Å². The Labute approximate surface area is 180 Å². The van der Waals surface area contributed by atoms with Crippen LogP contribution in [0.5, 0.6) is 5.75 Å². The highest BCUT2D eigenvalue weighted by Crippen LogP contribution is 2.30. The van der Waals surface area contributed by atoms with E-state index in [0.717, 1.165) is 23.9 Å². The standard InChI is InChI=1S/C21H26N4O4S/c1-14-18(30-21(22-14)23-9-11-29-12-10-23)20(27)24-7-8-25(19(26)15(24)2)16-5-4-6-17(13-16)28-3/h4-6,13,15H,7-12H2,1-3H3. The van der Waals surface area contributed by atoms with Gasteiger partial charge < -0.3 is 24.2 Å². The first-order valence-electron chi connectivity index (χ1n) is 10.1. The van der Waals surface area contributed by atoms with Crippen LogP contribution in [-0.2, 0) is 9.53 Å². The third-order valence-electron chi connectivity index (χ3n) is 5.54. The van der Waals surface area contributed by atoms with Gasteiger partial charge in [0, 0.05) is 37.9 Å². The minimum Gasteiger partial charge on any atom is -0.497 e. The highest BCUT2D eigenvalue weighted by atomic mass is 32.1. The molecule has 2 amide bonds. The average molecular weight is 431 g/mol. The number of hydrogen-bond acceptors (Lipinski definition) is 7. The Morgan fingerprint density at radius 3 is 2.73 bits per heavy atom. The van der Waals surface area contributed by atoms with Gasteiger partial charge in [0.2, 0.25) is 5.91 Å². The Morgan fingerprint density at radius 2 is 2.00 bits per heavy atom. The number of aromatic nitrogens is 1. The lowest BCUT2D eigenvalue weighted by atomic mass is 10.1. The molecule has 9 heteroatoms. The van der Waals surface area contributed by atoms with Gasteiger partial charge in [0.15, 0.2) is 5.13 Å². The molecule has 4 rings (SSSR count). The van der Waals surface area contributed by atoms with Gasteiger partial charge in [-0.1, -0.05) is 17.4 Å². The van der Waals surface area contributed by atoms with Gasteiger partial charge in [-0.05, 0) is 26.0 Å². The molecular weight excluding hydrogens is 404 g/mol. The lowest BCUT2D eigenvalue weighted by Crippen LogP contribution is -2.57. The van der Waals surface area contributed by atoms with Crippen molar-refractivity contribution in [3.63, 3.8) is 0 Å². The molecule has 1 atom stereocenters. The molecule has 2 fully saturated rings. The highest BCUT2D eigenvalue weighted by molar-refractivity contribution is 7.17. The second-order valence-electron chi connectivity index (χ2n) is 7.38. The summed E-state index contributed by atoms with van der Waals surface area (Å²) in [4.78, 5) is 37.1. The Bertz CT molecular complexity index is 941. The van der Waals surface area contributed by atoms with Crippen molar-refractivity contribution in [1.29, 1.82) is 0 Å². The van der Waals surface area contributed by atoms with Crippen LogP contribution in [0.3, 0.4) is 0 Å². The van der Waals surface area contributed by atoms with Crippen LogP contribution in [0.1, 0.15) is 22.3 Å². The summed E-state index contributed by atoms with van der Waals surface area (Å²) < 4.78 is 10.7. The van der Waals surface area contributed by atoms with E-state index >= 15 is 0 Å². The monoisotopic (exact) mass is 430 g/mol. The summed E-state index contributed by atoms with van der Waals surface area (Å²) in [5.74, 6) is 0.469. The zero-order valence-corrected chi connectivity index (χ0v) is 18.3. The maximum Gasteiger partial charge on any atom is 0.266 e. The predicted octanol–water partition coefficient (Wildman–Crippen LogP) is 2.17. The van der Waals surface area contributed by atoms with Crippen LogP contribution in [0.4, 0.5) is 10.8 Å². The van der Waals surface area contributed by atoms with Crippen LogP contribution >= 0.6 is 11.3 Å². The van der Waals surface area contributed by atoms with Gasteiger partial charge in [0.1, 0.15) is 16.7 Å². The minimum absolute atomic E-state index is 0.0987. The van der Waals surface area contributed by atoms with Crippen molar-refractivity contribution in [2.75, 3.05) is 56.3 Å². The number of rotatable bonds is 4. The van der Waals surface area contributed by atoms with Crippen LogP contribution < -0.4 is 14.5 Å². The van der Waals surface area contributed by atoms with Crippen molar-refractivity contribution in [3.8, 4) is 5.75 Å². The predicted molar refractivity (Wildman–Crippen MR) is 116 cm³/mol. The van der Waals surface area contributed by atoms with Gasteiger partial charge in [-0.15, -0.1) is 0 Å². The number of amides is 2. The topological polar surface area (TPSA) is 75.2 Å². The molecule has 0 aliphatic carbocycles. The van der Waals surface area contributed by atoms with E-state index in [1.807, 2.05) is 31.2 Å². The Kier molecular flexibility index (Phi) is 5.92. The highest BCUT2D eigenvalue weighted by Gasteiger charge is 2.37. The van der Waals surface area contributed by atoms with Gasteiger partial charge >= 0.3 is 0 Å². The smallest absolute Gasteiger partial charge is 0.266 e. The number of carbonyl (C=O) groups is 2. The SMILES string of the molecule is COc1cccc(N2CCN(C(=O)c3sc(N4CCOCC4)nc3C)C(C)C2=O)c1. The number of hydrogen-bond donors (Lipinski definition) is 0. The number of morpholine rings is 1. The first kappa shape index (κ1) is 20.6. The zero-order chi connectivity index (χ0) is 21.3. The second kappa shape index (κ2) is 8.61. The van der Waals surface area contributed by atoms with Crippen LogP contribution in [0.15, 0.2) is 24.3 Å². The van der Waals surface area contributed by atoms with E-state index in [-0.39, 0.29) is 11.8 Å². The van der Waals surface area contributed by atoms with E-state index in [4.69, 9.17) is 9.47 Å². The Morgan fingerprint density at radius 1 is 1.23 bits per heavy atom. The molecule has 8 nitrogen and oxygen atoms in total. The van der Waals surface area contributed by atoms with Gasteiger partial charge in [-0.2, -0.15) is 0 Å². The molecule has 1 unspecified atom stereocenters. The molecule has 2 aliphatic heterocycles. The third kappa shape index (κ3) is 3.87. The van der Waals surface area contributed by atoms with Gasteiger partial charge in [-0.3, -0.25) is 9.59 Å². The first-order valence-corrected chi connectivity index (χ1v) is 10.9. The van der Waals surface area contributed by atoms with Crippen LogP contribution in [0.2, 0.25) is 0 Å². The van der Waals surface area contributed by atoms with Crippen molar-refractivity contribution in [2.45, 2.75) is 19.9 Å². The fourth-order valence-electron chi connectivity index (χ4n) is 3.78. The number of thiazole rings is 1.